The zero-order chi connectivity index (χ0) is 13.4. The summed E-state index contributed by atoms with van der Waals surface area (Å²) in [6.45, 7) is 3.84. The SMILES string of the molecule is Cc1c(Cl)ccc2c(C(=O)C3CCNCC3)c[nH]c12. The summed E-state index contributed by atoms with van der Waals surface area (Å²) in [4.78, 5) is 15.8. The maximum Gasteiger partial charge on any atom is 0.168 e. The lowest BCUT2D eigenvalue weighted by atomic mass is 9.89. The maximum absolute atomic E-state index is 12.6. The van der Waals surface area contributed by atoms with Crippen LogP contribution in [0.2, 0.25) is 5.02 Å². The second-order valence-corrected chi connectivity index (χ2v) is 5.59. The Morgan fingerprint density at radius 1 is 1.32 bits per heavy atom. The maximum atomic E-state index is 12.6. The highest BCUT2D eigenvalue weighted by molar-refractivity contribution is 6.32. The Bertz CT molecular complexity index is 626. The molecule has 0 spiro atoms. The van der Waals surface area contributed by atoms with E-state index in [-0.39, 0.29) is 11.7 Å². The smallest absolute Gasteiger partial charge is 0.168 e. The topological polar surface area (TPSA) is 44.9 Å². The van der Waals surface area contributed by atoms with Crippen LogP contribution in [0.5, 0.6) is 0 Å². The molecule has 0 aliphatic carbocycles. The molecule has 0 radical (unpaired) electrons. The number of hydrogen-bond acceptors (Lipinski definition) is 2. The minimum Gasteiger partial charge on any atom is -0.360 e. The molecule has 1 saturated heterocycles. The molecule has 2 heterocycles. The summed E-state index contributed by atoms with van der Waals surface area (Å²) >= 11 is 6.11. The quantitative estimate of drug-likeness (QED) is 0.827. The molecule has 3 rings (SSSR count). The van der Waals surface area contributed by atoms with E-state index in [1.165, 1.54) is 0 Å². The minimum absolute atomic E-state index is 0.149. The monoisotopic (exact) mass is 276 g/mol. The number of aromatic amines is 1. The zero-order valence-electron chi connectivity index (χ0n) is 10.9. The average molecular weight is 277 g/mol. The molecule has 0 unspecified atom stereocenters. The number of aryl methyl sites for hydroxylation is 1. The number of hydrogen-bond donors (Lipinski definition) is 2. The van der Waals surface area contributed by atoms with Gasteiger partial charge in [0.05, 0.1) is 5.52 Å². The number of fused-ring (bicyclic) bond motifs is 1. The molecule has 3 nitrogen and oxygen atoms in total. The van der Waals surface area contributed by atoms with Gasteiger partial charge in [-0.3, -0.25) is 4.79 Å². The van der Waals surface area contributed by atoms with E-state index >= 15 is 0 Å². The van der Waals surface area contributed by atoms with Crippen molar-refractivity contribution >= 4 is 28.3 Å². The highest BCUT2D eigenvalue weighted by Crippen LogP contribution is 2.29. The molecule has 4 heteroatoms. The van der Waals surface area contributed by atoms with Gasteiger partial charge in [-0.15, -0.1) is 0 Å². The fourth-order valence-corrected chi connectivity index (χ4v) is 2.98. The van der Waals surface area contributed by atoms with Gasteiger partial charge in [0.15, 0.2) is 5.78 Å². The highest BCUT2D eigenvalue weighted by Gasteiger charge is 2.24. The number of carbonyl (C=O) groups is 1. The van der Waals surface area contributed by atoms with Crippen LogP contribution in [0.25, 0.3) is 10.9 Å². The lowest BCUT2D eigenvalue weighted by Gasteiger charge is -2.21. The second-order valence-electron chi connectivity index (χ2n) is 5.19. The van der Waals surface area contributed by atoms with Crippen molar-refractivity contribution in [2.24, 2.45) is 5.92 Å². The first kappa shape index (κ1) is 12.7. The second kappa shape index (κ2) is 4.99. The van der Waals surface area contributed by atoms with E-state index in [0.29, 0.717) is 0 Å². The number of carbonyl (C=O) groups excluding carboxylic acids is 1. The van der Waals surface area contributed by atoms with Gasteiger partial charge in [0.1, 0.15) is 0 Å². The third kappa shape index (κ3) is 2.17. The Balaban J connectivity index is 2.01. The van der Waals surface area contributed by atoms with E-state index in [0.717, 1.165) is 53.0 Å². The normalized spacial score (nSPS) is 16.9. The number of Topliss-reactive ketones (excluding diaryl/α,β-unsaturated/α-hetero) is 1. The molecule has 2 aromatic rings. The molecule has 1 aliphatic rings. The number of H-pyrrole nitrogens is 1. The number of ketones is 1. The molecule has 1 aromatic carbocycles. The minimum atomic E-state index is 0.149. The van der Waals surface area contributed by atoms with E-state index in [9.17, 15) is 4.79 Å². The molecule has 2 N–H and O–H groups in total. The standard InChI is InChI=1S/C15H17ClN2O/c1-9-13(16)3-2-11-12(8-18-14(9)11)15(19)10-4-6-17-7-5-10/h2-3,8,10,17-18H,4-7H2,1H3. The molecular formula is C15H17ClN2O. The van der Waals surface area contributed by atoms with Crippen molar-refractivity contribution < 1.29 is 4.79 Å². The lowest BCUT2D eigenvalue weighted by Crippen LogP contribution is -2.31. The Morgan fingerprint density at radius 2 is 2.05 bits per heavy atom. The van der Waals surface area contributed by atoms with E-state index in [2.05, 4.69) is 10.3 Å². The van der Waals surface area contributed by atoms with Crippen LogP contribution in [-0.4, -0.2) is 23.9 Å². The molecule has 19 heavy (non-hydrogen) atoms. The zero-order valence-corrected chi connectivity index (χ0v) is 11.7. The van der Waals surface area contributed by atoms with Gasteiger partial charge in [-0.25, -0.2) is 0 Å². The van der Waals surface area contributed by atoms with Gasteiger partial charge in [0.2, 0.25) is 0 Å². The molecule has 0 amide bonds. The first-order valence-corrected chi connectivity index (χ1v) is 7.07. The molecule has 100 valence electrons. The third-order valence-electron chi connectivity index (χ3n) is 4.03. The molecule has 0 atom stereocenters. The van der Waals surface area contributed by atoms with Crippen molar-refractivity contribution in [2.75, 3.05) is 13.1 Å². The van der Waals surface area contributed by atoms with E-state index in [1.807, 2.05) is 25.3 Å². The number of benzene rings is 1. The van der Waals surface area contributed by atoms with E-state index < -0.39 is 0 Å². The van der Waals surface area contributed by atoms with Crippen LogP contribution < -0.4 is 5.32 Å². The van der Waals surface area contributed by atoms with Crippen molar-refractivity contribution in [1.29, 1.82) is 0 Å². The number of nitrogens with one attached hydrogen (secondary N) is 2. The molecule has 1 aliphatic heterocycles. The van der Waals surface area contributed by atoms with Crippen LogP contribution in [0.3, 0.4) is 0 Å². The number of halogens is 1. The predicted octanol–water partition coefficient (Wildman–Crippen LogP) is 3.31. The first-order valence-electron chi connectivity index (χ1n) is 6.69. The summed E-state index contributed by atoms with van der Waals surface area (Å²) < 4.78 is 0. The van der Waals surface area contributed by atoms with Crippen LogP contribution in [0, 0.1) is 12.8 Å². The predicted molar refractivity (Wildman–Crippen MR) is 78.0 cm³/mol. The number of piperidine rings is 1. The summed E-state index contributed by atoms with van der Waals surface area (Å²) in [7, 11) is 0. The van der Waals surface area contributed by atoms with Crippen LogP contribution >= 0.6 is 11.6 Å². The van der Waals surface area contributed by atoms with Crippen molar-refractivity contribution in [3.05, 3.63) is 34.5 Å². The molecular weight excluding hydrogens is 260 g/mol. The van der Waals surface area contributed by atoms with Gasteiger partial charge in [-0.05, 0) is 44.5 Å². The van der Waals surface area contributed by atoms with E-state index in [1.54, 1.807) is 0 Å². The molecule has 1 aromatic heterocycles. The van der Waals surface area contributed by atoms with Crippen molar-refractivity contribution in [3.8, 4) is 0 Å². The van der Waals surface area contributed by atoms with Crippen LogP contribution in [0.15, 0.2) is 18.3 Å². The summed E-state index contributed by atoms with van der Waals surface area (Å²) in [6.07, 6.45) is 3.69. The summed E-state index contributed by atoms with van der Waals surface area (Å²) in [6, 6.07) is 3.81. The Kier molecular flexibility index (Phi) is 3.33. The highest BCUT2D eigenvalue weighted by atomic mass is 35.5. The van der Waals surface area contributed by atoms with Crippen LogP contribution in [-0.2, 0) is 0 Å². The van der Waals surface area contributed by atoms with Crippen LogP contribution in [0.4, 0.5) is 0 Å². The summed E-state index contributed by atoms with van der Waals surface area (Å²) in [5.74, 6) is 0.408. The van der Waals surface area contributed by atoms with E-state index in [4.69, 9.17) is 11.6 Å². The lowest BCUT2D eigenvalue weighted by molar-refractivity contribution is 0.0897. The molecule has 1 fully saturated rings. The van der Waals surface area contributed by atoms with Gasteiger partial charge in [0, 0.05) is 28.1 Å². The largest absolute Gasteiger partial charge is 0.360 e. The Labute approximate surface area is 117 Å². The molecule has 0 saturated carbocycles. The fourth-order valence-electron chi connectivity index (χ4n) is 2.83. The summed E-state index contributed by atoms with van der Waals surface area (Å²) in [5, 5.41) is 5.01. The molecule has 0 bridgehead atoms. The van der Waals surface area contributed by atoms with Crippen LogP contribution in [0.1, 0.15) is 28.8 Å². The first-order chi connectivity index (χ1) is 9.18. The van der Waals surface area contributed by atoms with Crippen molar-refractivity contribution in [3.63, 3.8) is 0 Å². The van der Waals surface area contributed by atoms with Crippen molar-refractivity contribution in [1.82, 2.24) is 10.3 Å². The third-order valence-corrected chi connectivity index (χ3v) is 4.43. The van der Waals surface area contributed by atoms with Gasteiger partial charge < -0.3 is 10.3 Å². The fraction of sp³-hybridized carbons (Fsp3) is 0.400. The van der Waals surface area contributed by atoms with Crippen molar-refractivity contribution in [2.45, 2.75) is 19.8 Å². The average Bonchev–Trinajstić information content (AvgIpc) is 2.87. The Hall–Kier alpha value is -1.32. The van der Waals surface area contributed by atoms with Gasteiger partial charge in [0.25, 0.3) is 0 Å². The summed E-state index contributed by atoms with van der Waals surface area (Å²) in [5.41, 5.74) is 2.79. The Morgan fingerprint density at radius 3 is 2.79 bits per heavy atom. The number of rotatable bonds is 2. The number of aromatic nitrogens is 1. The van der Waals surface area contributed by atoms with Gasteiger partial charge in [-0.2, -0.15) is 0 Å². The van der Waals surface area contributed by atoms with Gasteiger partial charge >= 0.3 is 0 Å². The van der Waals surface area contributed by atoms with Gasteiger partial charge in [-0.1, -0.05) is 17.7 Å².